The van der Waals surface area contributed by atoms with E-state index < -0.39 is 12.1 Å². The van der Waals surface area contributed by atoms with Crippen molar-refractivity contribution in [2.24, 2.45) is 0 Å². The smallest absolute Gasteiger partial charge is 0.268 e. The number of amides is 1. The maximum atomic E-state index is 11.7. The number of hydrogen-bond donors (Lipinski definition) is 0. The number of hydrogen-bond acceptors (Lipinski definition) is 3. The number of rotatable bonds is 4. The summed E-state index contributed by atoms with van der Waals surface area (Å²) in [6, 6.07) is 8.52. The van der Waals surface area contributed by atoms with Crippen LogP contribution in [0.1, 0.15) is 0 Å². The molecule has 0 bridgehead atoms. The van der Waals surface area contributed by atoms with E-state index in [1.165, 1.54) is 4.90 Å². The zero-order chi connectivity index (χ0) is 12.3. The SMILES string of the molecule is C#C[C@@H]1[C@H](Oc2ccccc2)C(=O)N1CC=O. The number of nitrogens with zero attached hydrogens (tertiary/aromatic N) is 1. The molecular formula is C13H11NO3. The molecule has 1 amide bonds. The van der Waals surface area contributed by atoms with Crippen LogP contribution in [0.5, 0.6) is 5.75 Å². The van der Waals surface area contributed by atoms with Crippen LogP contribution in [-0.2, 0) is 9.59 Å². The molecule has 4 heteroatoms. The van der Waals surface area contributed by atoms with Crippen molar-refractivity contribution in [2.45, 2.75) is 12.1 Å². The van der Waals surface area contributed by atoms with E-state index in [0.717, 1.165) is 0 Å². The topological polar surface area (TPSA) is 46.6 Å². The second kappa shape index (κ2) is 4.71. The Morgan fingerprint density at radius 3 is 2.71 bits per heavy atom. The third-order valence-electron chi connectivity index (χ3n) is 2.60. The summed E-state index contributed by atoms with van der Waals surface area (Å²) in [6.07, 6.45) is 5.30. The minimum Gasteiger partial charge on any atom is -0.477 e. The highest BCUT2D eigenvalue weighted by molar-refractivity contribution is 5.91. The lowest BCUT2D eigenvalue weighted by Gasteiger charge is -2.42. The minimum absolute atomic E-state index is 0.0162. The van der Waals surface area contributed by atoms with Gasteiger partial charge in [-0.3, -0.25) is 4.79 Å². The van der Waals surface area contributed by atoms with Gasteiger partial charge < -0.3 is 14.4 Å². The van der Waals surface area contributed by atoms with E-state index >= 15 is 0 Å². The highest BCUT2D eigenvalue weighted by atomic mass is 16.5. The molecular weight excluding hydrogens is 218 g/mol. The second-order valence-corrected chi connectivity index (χ2v) is 3.62. The number of carbonyl (C=O) groups excluding carboxylic acids is 2. The molecule has 86 valence electrons. The molecule has 1 aromatic rings. The molecule has 0 spiro atoms. The van der Waals surface area contributed by atoms with E-state index in [-0.39, 0.29) is 12.5 Å². The summed E-state index contributed by atoms with van der Waals surface area (Å²) in [5.41, 5.74) is 0. The molecule has 0 radical (unpaired) electrons. The van der Waals surface area contributed by atoms with Gasteiger partial charge in [0.2, 0.25) is 6.10 Å². The average Bonchev–Trinajstić information content (AvgIpc) is 2.38. The Morgan fingerprint density at radius 2 is 2.12 bits per heavy atom. The first kappa shape index (κ1) is 11.2. The largest absolute Gasteiger partial charge is 0.477 e. The number of terminal acetylenes is 1. The number of aldehydes is 1. The van der Waals surface area contributed by atoms with Crippen molar-refractivity contribution in [3.8, 4) is 18.1 Å². The first-order chi connectivity index (χ1) is 8.27. The molecule has 0 unspecified atom stereocenters. The maximum absolute atomic E-state index is 11.7. The van der Waals surface area contributed by atoms with Gasteiger partial charge in [0.15, 0.2) is 0 Å². The van der Waals surface area contributed by atoms with E-state index in [1.54, 1.807) is 12.1 Å². The average molecular weight is 229 g/mol. The van der Waals surface area contributed by atoms with Gasteiger partial charge in [0.25, 0.3) is 5.91 Å². The van der Waals surface area contributed by atoms with Gasteiger partial charge in [-0.15, -0.1) is 6.42 Å². The van der Waals surface area contributed by atoms with E-state index in [1.807, 2.05) is 18.2 Å². The Morgan fingerprint density at radius 1 is 1.41 bits per heavy atom. The molecule has 1 aromatic carbocycles. The predicted octanol–water partition coefficient (Wildman–Crippen LogP) is 0.477. The Labute approximate surface area is 99.2 Å². The Kier molecular flexibility index (Phi) is 3.10. The van der Waals surface area contributed by atoms with Gasteiger partial charge in [0.05, 0.1) is 6.54 Å². The highest BCUT2D eigenvalue weighted by Gasteiger charge is 2.48. The fourth-order valence-corrected chi connectivity index (χ4v) is 1.74. The van der Waals surface area contributed by atoms with Crippen molar-refractivity contribution >= 4 is 12.2 Å². The lowest BCUT2D eigenvalue weighted by Crippen LogP contribution is -2.66. The number of benzene rings is 1. The predicted molar refractivity (Wildman–Crippen MR) is 61.3 cm³/mol. The molecule has 2 rings (SSSR count). The van der Waals surface area contributed by atoms with Gasteiger partial charge in [0, 0.05) is 0 Å². The monoisotopic (exact) mass is 229 g/mol. The molecule has 0 aromatic heterocycles. The minimum atomic E-state index is -0.678. The Hall–Kier alpha value is -2.28. The summed E-state index contributed by atoms with van der Waals surface area (Å²) >= 11 is 0. The molecule has 1 aliphatic heterocycles. The van der Waals surface area contributed by atoms with Gasteiger partial charge >= 0.3 is 0 Å². The van der Waals surface area contributed by atoms with Gasteiger partial charge in [-0.2, -0.15) is 0 Å². The quantitative estimate of drug-likeness (QED) is 0.428. The summed E-state index contributed by atoms with van der Waals surface area (Å²) in [5, 5.41) is 0. The normalized spacial score (nSPS) is 22.5. The van der Waals surface area contributed by atoms with Gasteiger partial charge in [0.1, 0.15) is 18.1 Å². The molecule has 2 atom stereocenters. The maximum Gasteiger partial charge on any atom is 0.268 e. The molecule has 17 heavy (non-hydrogen) atoms. The summed E-state index contributed by atoms with van der Waals surface area (Å²) in [6.45, 7) is 0.0162. The number of likely N-dealkylation sites (tertiary alicyclic amines) is 1. The van der Waals surface area contributed by atoms with Gasteiger partial charge in [-0.1, -0.05) is 24.1 Å². The number of para-hydroxylation sites is 1. The summed E-state index contributed by atoms with van der Waals surface area (Å²) in [5.74, 6) is 2.81. The second-order valence-electron chi connectivity index (χ2n) is 3.62. The molecule has 0 aliphatic carbocycles. The lowest BCUT2D eigenvalue weighted by molar-refractivity contribution is -0.159. The van der Waals surface area contributed by atoms with Crippen LogP contribution in [-0.4, -0.2) is 35.8 Å². The van der Waals surface area contributed by atoms with Crippen LogP contribution >= 0.6 is 0 Å². The molecule has 1 saturated heterocycles. The zero-order valence-corrected chi connectivity index (χ0v) is 9.08. The summed E-state index contributed by atoms with van der Waals surface area (Å²) < 4.78 is 5.49. The lowest BCUT2D eigenvalue weighted by atomic mass is 9.99. The van der Waals surface area contributed by atoms with E-state index in [9.17, 15) is 9.59 Å². The molecule has 1 aliphatic rings. The highest BCUT2D eigenvalue weighted by Crippen LogP contribution is 2.24. The first-order valence-electron chi connectivity index (χ1n) is 5.20. The first-order valence-corrected chi connectivity index (χ1v) is 5.20. The fraction of sp³-hybridized carbons (Fsp3) is 0.231. The molecule has 1 heterocycles. The van der Waals surface area contributed by atoms with Crippen molar-refractivity contribution in [2.75, 3.05) is 6.54 Å². The summed E-state index contributed by atoms with van der Waals surface area (Å²) in [4.78, 5) is 23.4. The third kappa shape index (κ3) is 2.00. The zero-order valence-electron chi connectivity index (χ0n) is 9.08. The van der Waals surface area contributed by atoms with E-state index in [0.29, 0.717) is 12.0 Å². The Balaban J connectivity index is 2.06. The van der Waals surface area contributed by atoms with Crippen molar-refractivity contribution < 1.29 is 14.3 Å². The van der Waals surface area contributed by atoms with Crippen LogP contribution in [0.3, 0.4) is 0 Å². The molecule has 0 N–H and O–H groups in total. The van der Waals surface area contributed by atoms with Crippen LogP contribution < -0.4 is 4.74 Å². The van der Waals surface area contributed by atoms with Crippen molar-refractivity contribution in [3.63, 3.8) is 0 Å². The number of ether oxygens (including phenoxy) is 1. The molecule has 1 fully saturated rings. The van der Waals surface area contributed by atoms with Crippen LogP contribution in [0.15, 0.2) is 30.3 Å². The van der Waals surface area contributed by atoms with Crippen molar-refractivity contribution in [3.05, 3.63) is 30.3 Å². The Bertz CT molecular complexity index is 463. The van der Waals surface area contributed by atoms with Crippen LogP contribution in [0.25, 0.3) is 0 Å². The van der Waals surface area contributed by atoms with Crippen LogP contribution in [0.4, 0.5) is 0 Å². The third-order valence-corrected chi connectivity index (χ3v) is 2.60. The molecule has 0 saturated carbocycles. The fourth-order valence-electron chi connectivity index (χ4n) is 1.74. The van der Waals surface area contributed by atoms with Gasteiger partial charge in [-0.05, 0) is 12.1 Å². The van der Waals surface area contributed by atoms with E-state index in [4.69, 9.17) is 11.2 Å². The van der Waals surface area contributed by atoms with Crippen molar-refractivity contribution in [1.82, 2.24) is 4.90 Å². The van der Waals surface area contributed by atoms with Crippen LogP contribution in [0, 0.1) is 12.3 Å². The number of β-lactam (4-membered cyclic amide) rings is 1. The van der Waals surface area contributed by atoms with E-state index in [2.05, 4.69) is 5.92 Å². The van der Waals surface area contributed by atoms with Gasteiger partial charge in [-0.25, -0.2) is 0 Å². The van der Waals surface area contributed by atoms with Crippen LogP contribution in [0.2, 0.25) is 0 Å². The summed E-state index contributed by atoms with van der Waals surface area (Å²) in [7, 11) is 0. The van der Waals surface area contributed by atoms with Crippen molar-refractivity contribution in [1.29, 1.82) is 0 Å². The number of carbonyl (C=O) groups is 2. The standard InChI is InChI=1S/C13H11NO3/c1-2-11-12(13(16)14(11)8-9-15)17-10-6-4-3-5-7-10/h1,3-7,9,11-12H,8H2/t11-,12+/m1/s1. The molecule has 4 nitrogen and oxygen atoms in total.